The molecule has 0 saturated carbocycles. The lowest BCUT2D eigenvalue weighted by Gasteiger charge is -2.20. The number of rotatable bonds is 4. The van der Waals surface area contributed by atoms with Crippen LogP contribution in [-0.4, -0.2) is 45.2 Å². The Morgan fingerprint density at radius 3 is 2.74 bits per heavy atom. The smallest absolute Gasteiger partial charge is 0.222 e. The van der Waals surface area contributed by atoms with Crippen LogP contribution in [0.4, 0.5) is 5.82 Å². The highest BCUT2D eigenvalue weighted by Gasteiger charge is 2.20. The topological polar surface area (TPSA) is 78.0 Å². The summed E-state index contributed by atoms with van der Waals surface area (Å²) < 4.78 is 2.07. The van der Waals surface area contributed by atoms with E-state index in [2.05, 4.69) is 26.7 Å². The summed E-state index contributed by atoms with van der Waals surface area (Å²) in [4.78, 5) is 20.9. The van der Waals surface area contributed by atoms with Gasteiger partial charge in [0.2, 0.25) is 5.91 Å². The molecule has 0 aromatic carbocycles. The van der Waals surface area contributed by atoms with Crippen LogP contribution in [0.1, 0.15) is 42.6 Å². The van der Waals surface area contributed by atoms with Crippen LogP contribution < -0.4 is 4.90 Å². The first-order valence-corrected chi connectivity index (χ1v) is 9.67. The molecule has 0 bridgehead atoms. The molecule has 2 aliphatic rings. The Hall–Kier alpha value is -2.88. The van der Waals surface area contributed by atoms with Crippen molar-refractivity contribution in [2.24, 2.45) is 0 Å². The van der Waals surface area contributed by atoms with Crippen LogP contribution in [0.25, 0.3) is 0 Å². The average molecular weight is 364 g/mol. The fraction of sp³-hybridized carbons (Fsp3) is 0.500. The van der Waals surface area contributed by atoms with Gasteiger partial charge in [-0.15, -0.1) is 0 Å². The summed E-state index contributed by atoms with van der Waals surface area (Å²) in [5.74, 6) is 1.13. The van der Waals surface area contributed by atoms with Crippen molar-refractivity contribution in [3.63, 3.8) is 0 Å². The van der Waals surface area contributed by atoms with Gasteiger partial charge in [-0.25, -0.2) is 4.98 Å². The Morgan fingerprint density at radius 2 is 2.00 bits per heavy atom. The van der Waals surface area contributed by atoms with Gasteiger partial charge in [0.15, 0.2) is 0 Å². The molecule has 1 amide bonds. The average Bonchev–Trinajstić information content (AvgIpc) is 3.32. The number of aryl methyl sites for hydroxylation is 2. The molecule has 0 spiro atoms. The molecule has 4 rings (SSSR count). The number of nitrogens with zero attached hydrogens (tertiary/aromatic N) is 6. The summed E-state index contributed by atoms with van der Waals surface area (Å²) in [5, 5.41) is 13.7. The Morgan fingerprint density at radius 1 is 1.15 bits per heavy atom. The van der Waals surface area contributed by atoms with Crippen molar-refractivity contribution in [3.05, 3.63) is 41.3 Å². The zero-order chi connectivity index (χ0) is 18.6. The molecule has 0 unspecified atom stereocenters. The van der Waals surface area contributed by atoms with Gasteiger partial charge in [0.25, 0.3) is 0 Å². The third-order valence-electron chi connectivity index (χ3n) is 5.32. The number of aromatic nitrogens is 3. The zero-order valence-corrected chi connectivity index (χ0v) is 15.5. The maximum Gasteiger partial charge on any atom is 0.222 e. The lowest BCUT2D eigenvalue weighted by atomic mass is 10.2. The summed E-state index contributed by atoms with van der Waals surface area (Å²) >= 11 is 0. The van der Waals surface area contributed by atoms with Crippen molar-refractivity contribution in [3.8, 4) is 6.07 Å². The fourth-order valence-electron chi connectivity index (χ4n) is 3.84. The second kappa shape index (κ2) is 7.78. The number of nitriles is 1. The first-order valence-electron chi connectivity index (χ1n) is 9.67. The molecule has 2 aromatic rings. The maximum atomic E-state index is 12.3. The van der Waals surface area contributed by atoms with Crippen LogP contribution in [0.15, 0.2) is 24.4 Å². The van der Waals surface area contributed by atoms with Gasteiger partial charge in [0.1, 0.15) is 11.9 Å². The predicted molar refractivity (Wildman–Crippen MR) is 101 cm³/mol. The SMILES string of the molecule is N#Cc1ccc(N2CCCn3nc(CCC(=O)N4CCCC4)cc3C2)nc1. The number of fused-ring (bicyclic) bond motifs is 1. The van der Waals surface area contributed by atoms with Gasteiger partial charge in [0, 0.05) is 45.2 Å². The van der Waals surface area contributed by atoms with Gasteiger partial charge in [-0.05, 0) is 37.5 Å². The summed E-state index contributed by atoms with van der Waals surface area (Å²) in [5.41, 5.74) is 2.72. The number of carbonyl (C=O) groups excluding carboxylic acids is 1. The Balaban J connectivity index is 1.41. The first kappa shape index (κ1) is 17.5. The molecule has 1 fully saturated rings. The molecule has 0 atom stereocenters. The van der Waals surface area contributed by atoms with E-state index in [0.717, 1.165) is 69.2 Å². The first-order chi connectivity index (χ1) is 13.2. The van der Waals surface area contributed by atoms with Gasteiger partial charge in [-0.3, -0.25) is 9.48 Å². The lowest BCUT2D eigenvalue weighted by molar-refractivity contribution is -0.130. The highest BCUT2D eigenvalue weighted by molar-refractivity contribution is 5.76. The molecular formula is C20H24N6O. The molecule has 7 nitrogen and oxygen atoms in total. The monoisotopic (exact) mass is 364 g/mol. The fourth-order valence-corrected chi connectivity index (χ4v) is 3.84. The Kier molecular flexibility index (Phi) is 5.05. The number of hydrogen-bond donors (Lipinski definition) is 0. The second-order valence-corrected chi connectivity index (χ2v) is 7.23. The van der Waals surface area contributed by atoms with E-state index in [1.165, 1.54) is 0 Å². The number of pyridine rings is 1. The number of carbonyl (C=O) groups is 1. The maximum absolute atomic E-state index is 12.3. The largest absolute Gasteiger partial charge is 0.351 e. The minimum Gasteiger partial charge on any atom is -0.351 e. The van der Waals surface area contributed by atoms with E-state index in [9.17, 15) is 4.79 Å². The summed E-state index contributed by atoms with van der Waals surface area (Å²) in [6.07, 6.45) is 6.10. The van der Waals surface area contributed by atoms with Crippen molar-refractivity contribution in [2.45, 2.75) is 45.2 Å². The molecule has 4 heterocycles. The van der Waals surface area contributed by atoms with E-state index >= 15 is 0 Å². The normalized spacial score (nSPS) is 16.7. The molecule has 140 valence electrons. The predicted octanol–water partition coefficient (Wildman–Crippen LogP) is 2.12. The Bertz CT molecular complexity index is 844. The molecule has 0 N–H and O–H groups in total. The van der Waals surface area contributed by atoms with E-state index in [1.54, 1.807) is 12.3 Å². The van der Waals surface area contributed by atoms with Crippen LogP contribution >= 0.6 is 0 Å². The van der Waals surface area contributed by atoms with Crippen LogP contribution in [0.5, 0.6) is 0 Å². The molecular weight excluding hydrogens is 340 g/mol. The highest BCUT2D eigenvalue weighted by Crippen LogP contribution is 2.20. The number of hydrogen-bond acceptors (Lipinski definition) is 5. The number of amides is 1. The van der Waals surface area contributed by atoms with Gasteiger partial charge in [-0.2, -0.15) is 10.4 Å². The minimum absolute atomic E-state index is 0.249. The van der Waals surface area contributed by atoms with E-state index in [4.69, 9.17) is 10.4 Å². The molecule has 0 radical (unpaired) electrons. The Labute approximate surface area is 159 Å². The van der Waals surface area contributed by atoms with Crippen molar-refractivity contribution in [1.82, 2.24) is 19.7 Å². The molecule has 7 heteroatoms. The van der Waals surface area contributed by atoms with E-state index in [-0.39, 0.29) is 5.91 Å². The van der Waals surface area contributed by atoms with Gasteiger partial charge >= 0.3 is 0 Å². The summed E-state index contributed by atoms with van der Waals surface area (Å²) in [6, 6.07) is 7.94. The summed E-state index contributed by atoms with van der Waals surface area (Å²) in [6.45, 7) is 4.34. The minimum atomic E-state index is 0.249. The van der Waals surface area contributed by atoms with E-state index < -0.39 is 0 Å². The van der Waals surface area contributed by atoms with Crippen molar-refractivity contribution in [1.29, 1.82) is 5.26 Å². The third-order valence-corrected chi connectivity index (χ3v) is 5.32. The van der Waals surface area contributed by atoms with Crippen LogP contribution in [0, 0.1) is 11.3 Å². The standard InChI is InChI=1S/C20H24N6O/c21-13-16-4-6-19(22-14-16)25-10-3-11-26-18(15-25)12-17(23-26)5-7-20(27)24-8-1-2-9-24/h4,6,12,14H,1-3,5,7-11,15H2. The molecule has 1 saturated heterocycles. The van der Waals surface area contributed by atoms with Crippen LogP contribution in [0.2, 0.25) is 0 Å². The zero-order valence-electron chi connectivity index (χ0n) is 15.5. The molecule has 2 aliphatic heterocycles. The van der Waals surface area contributed by atoms with Crippen molar-refractivity contribution in [2.75, 3.05) is 24.5 Å². The van der Waals surface area contributed by atoms with Crippen molar-refractivity contribution < 1.29 is 4.79 Å². The highest BCUT2D eigenvalue weighted by atomic mass is 16.2. The van der Waals surface area contributed by atoms with E-state index in [1.807, 2.05) is 11.0 Å². The van der Waals surface area contributed by atoms with E-state index in [0.29, 0.717) is 18.4 Å². The van der Waals surface area contributed by atoms with Gasteiger partial charge in [-0.1, -0.05) is 0 Å². The lowest BCUT2D eigenvalue weighted by Crippen LogP contribution is -2.27. The quantitative estimate of drug-likeness (QED) is 0.830. The number of likely N-dealkylation sites (tertiary alicyclic amines) is 1. The van der Waals surface area contributed by atoms with Gasteiger partial charge in [0.05, 0.1) is 23.5 Å². The van der Waals surface area contributed by atoms with Crippen molar-refractivity contribution >= 4 is 11.7 Å². The molecule has 2 aromatic heterocycles. The number of anilines is 1. The molecule has 0 aliphatic carbocycles. The molecule has 27 heavy (non-hydrogen) atoms. The van der Waals surface area contributed by atoms with Gasteiger partial charge < -0.3 is 9.80 Å². The van der Waals surface area contributed by atoms with Crippen LogP contribution in [0.3, 0.4) is 0 Å². The van der Waals surface area contributed by atoms with Crippen LogP contribution in [-0.2, 0) is 24.3 Å². The third kappa shape index (κ3) is 3.95. The second-order valence-electron chi connectivity index (χ2n) is 7.23. The summed E-state index contributed by atoms with van der Waals surface area (Å²) in [7, 11) is 0.